The lowest BCUT2D eigenvalue weighted by Gasteiger charge is -2.22. The van der Waals surface area contributed by atoms with Gasteiger partial charge >= 0.3 is 0 Å². The Morgan fingerprint density at radius 2 is 1.78 bits per heavy atom. The summed E-state index contributed by atoms with van der Waals surface area (Å²) in [7, 11) is 0. The van der Waals surface area contributed by atoms with E-state index in [9.17, 15) is 5.11 Å². The topological polar surface area (TPSA) is 50.9 Å². The van der Waals surface area contributed by atoms with Crippen LogP contribution in [0.3, 0.4) is 0 Å². The minimum atomic E-state index is -0.560. The molecule has 1 aromatic carbocycles. The van der Waals surface area contributed by atoms with Gasteiger partial charge in [-0.15, -0.1) is 10.2 Å². The molecule has 2 aromatic rings. The molecule has 92 valence electrons. The quantitative estimate of drug-likeness (QED) is 0.833. The lowest BCUT2D eigenvalue weighted by Crippen LogP contribution is -2.25. The van der Waals surface area contributed by atoms with Gasteiger partial charge in [-0.2, -0.15) is 4.80 Å². The first kappa shape index (κ1) is 11.2. The fourth-order valence-corrected chi connectivity index (χ4v) is 2.29. The number of hydrogen-bond acceptors (Lipinski definition) is 3. The molecule has 1 aliphatic rings. The molecule has 18 heavy (non-hydrogen) atoms. The molecule has 0 spiro atoms. The molecule has 0 saturated carbocycles. The fraction of sp³-hybridized carbons (Fsp3) is 0.286. The minimum absolute atomic E-state index is 0.0825. The Hall–Kier alpha value is -1.94. The predicted octanol–water partition coefficient (Wildman–Crippen LogP) is 2.23. The number of aliphatic hydroxyl groups is 1. The van der Waals surface area contributed by atoms with Crippen LogP contribution in [0.2, 0.25) is 0 Å². The van der Waals surface area contributed by atoms with Crippen molar-refractivity contribution in [1.82, 2.24) is 15.0 Å². The second-order valence-electron chi connectivity index (χ2n) is 4.76. The number of nitrogens with zero attached hydrogens (tertiary/aromatic N) is 3. The third-order valence-corrected chi connectivity index (χ3v) is 3.22. The summed E-state index contributed by atoms with van der Waals surface area (Å²) in [5.74, 6) is 0.0825. The highest BCUT2D eigenvalue weighted by Crippen LogP contribution is 2.26. The van der Waals surface area contributed by atoms with Crippen LogP contribution in [-0.2, 0) is 0 Å². The van der Waals surface area contributed by atoms with Crippen LogP contribution in [0.25, 0.3) is 16.7 Å². The first-order valence-electron chi connectivity index (χ1n) is 6.06. The highest BCUT2D eigenvalue weighted by Gasteiger charge is 2.24. The summed E-state index contributed by atoms with van der Waals surface area (Å²) < 4.78 is 0. The van der Waals surface area contributed by atoms with Gasteiger partial charge in [0.1, 0.15) is 17.1 Å². The Morgan fingerprint density at radius 1 is 1.17 bits per heavy atom. The van der Waals surface area contributed by atoms with Gasteiger partial charge in [-0.3, -0.25) is 0 Å². The van der Waals surface area contributed by atoms with Gasteiger partial charge in [-0.1, -0.05) is 30.7 Å². The van der Waals surface area contributed by atoms with Crippen LogP contribution in [0.4, 0.5) is 0 Å². The molecule has 2 unspecified atom stereocenters. The molecule has 0 aliphatic heterocycles. The first-order valence-corrected chi connectivity index (χ1v) is 6.06. The molecule has 0 fully saturated rings. The second kappa shape index (κ2) is 4.07. The second-order valence-corrected chi connectivity index (χ2v) is 4.76. The van der Waals surface area contributed by atoms with Gasteiger partial charge in [0, 0.05) is 5.92 Å². The lowest BCUT2D eigenvalue weighted by molar-refractivity contribution is 0.184. The summed E-state index contributed by atoms with van der Waals surface area (Å²) >= 11 is 0. The van der Waals surface area contributed by atoms with Crippen LogP contribution in [0.15, 0.2) is 42.0 Å². The van der Waals surface area contributed by atoms with E-state index in [0.29, 0.717) is 0 Å². The van der Waals surface area contributed by atoms with E-state index >= 15 is 0 Å². The average molecular weight is 241 g/mol. The largest absolute Gasteiger partial charge is 0.386 e. The Kier molecular flexibility index (Phi) is 2.52. The molecule has 4 heteroatoms. The third-order valence-electron chi connectivity index (χ3n) is 3.22. The van der Waals surface area contributed by atoms with Crippen LogP contribution in [0.1, 0.15) is 13.8 Å². The zero-order valence-electron chi connectivity index (χ0n) is 10.4. The summed E-state index contributed by atoms with van der Waals surface area (Å²) in [6.07, 6.45) is 3.43. The van der Waals surface area contributed by atoms with Crippen molar-refractivity contribution in [1.29, 1.82) is 0 Å². The average Bonchev–Trinajstić information content (AvgIpc) is 2.77. The van der Waals surface area contributed by atoms with Crippen LogP contribution < -0.4 is 0 Å². The lowest BCUT2D eigenvalue weighted by atomic mass is 9.93. The van der Waals surface area contributed by atoms with Crippen LogP contribution in [0, 0.1) is 5.92 Å². The molecule has 0 bridgehead atoms. The van der Waals surface area contributed by atoms with Crippen molar-refractivity contribution in [3.05, 3.63) is 42.0 Å². The van der Waals surface area contributed by atoms with Gasteiger partial charge in [0.05, 0.1) is 5.70 Å². The first-order chi connectivity index (χ1) is 8.65. The van der Waals surface area contributed by atoms with Gasteiger partial charge in [-0.05, 0) is 25.1 Å². The smallest absolute Gasteiger partial charge is 0.113 e. The van der Waals surface area contributed by atoms with Crippen molar-refractivity contribution < 1.29 is 5.11 Å². The maximum Gasteiger partial charge on any atom is 0.113 e. The molecular weight excluding hydrogens is 226 g/mol. The zero-order chi connectivity index (χ0) is 12.7. The normalized spacial score (nSPS) is 23.9. The molecule has 1 heterocycles. The van der Waals surface area contributed by atoms with Gasteiger partial charge in [0.25, 0.3) is 0 Å². The van der Waals surface area contributed by atoms with Crippen molar-refractivity contribution in [3.8, 4) is 0 Å². The van der Waals surface area contributed by atoms with Crippen LogP contribution >= 0.6 is 0 Å². The van der Waals surface area contributed by atoms with Crippen molar-refractivity contribution in [3.63, 3.8) is 0 Å². The van der Waals surface area contributed by atoms with Gasteiger partial charge in [0.15, 0.2) is 0 Å². The van der Waals surface area contributed by atoms with E-state index in [2.05, 4.69) is 16.3 Å². The number of fused-ring (bicyclic) bond motifs is 1. The number of benzene rings is 1. The molecule has 0 saturated heterocycles. The van der Waals surface area contributed by atoms with Crippen molar-refractivity contribution in [2.24, 2.45) is 5.92 Å². The zero-order valence-corrected chi connectivity index (χ0v) is 10.4. The Morgan fingerprint density at radius 3 is 2.39 bits per heavy atom. The summed E-state index contributed by atoms with van der Waals surface area (Å²) in [6, 6.07) is 7.70. The minimum Gasteiger partial charge on any atom is -0.386 e. The Labute approximate surface area is 105 Å². The fourth-order valence-electron chi connectivity index (χ4n) is 2.29. The highest BCUT2D eigenvalue weighted by molar-refractivity contribution is 5.74. The third kappa shape index (κ3) is 1.75. The molecule has 2 atom stereocenters. The highest BCUT2D eigenvalue weighted by atomic mass is 16.3. The molecule has 1 aromatic heterocycles. The van der Waals surface area contributed by atoms with Crippen molar-refractivity contribution in [2.75, 3.05) is 0 Å². The molecule has 3 rings (SSSR count). The summed E-state index contributed by atoms with van der Waals surface area (Å²) in [4.78, 5) is 1.54. The van der Waals surface area contributed by atoms with E-state index in [1.54, 1.807) is 4.80 Å². The molecule has 4 nitrogen and oxygen atoms in total. The van der Waals surface area contributed by atoms with Gasteiger partial charge in [-0.25, -0.2) is 0 Å². The number of hydrogen-bond donors (Lipinski definition) is 1. The van der Waals surface area contributed by atoms with E-state index in [0.717, 1.165) is 22.3 Å². The summed E-state index contributed by atoms with van der Waals surface area (Å²) in [5.41, 5.74) is 3.54. The summed E-state index contributed by atoms with van der Waals surface area (Å²) in [5, 5.41) is 19.0. The van der Waals surface area contributed by atoms with Crippen LogP contribution in [0.5, 0.6) is 0 Å². The maximum absolute atomic E-state index is 10.2. The van der Waals surface area contributed by atoms with Gasteiger partial charge < -0.3 is 5.11 Å². The van der Waals surface area contributed by atoms with Gasteiger partial charge in [0.2, 0.25) is 0 Å². The van der Waals surface area contributed by atoms with Crippen LogP contribution in [-0.4, -0.2) is 26.2 Å². The Bertz CT molecular complexity index is 621. The SMILES string of the molecule is CC1=CC(C)C(O)C(n2nc3ccccc3n2)=C1. The number of aromatic nitrogens is 3. The molecule has 1 N–H and O–H groups in total. The predicted molar refractivity (Wildman–Crippen MR) is 70.7 cm³/mol. The number of allylic oxidation sites excluding steroid dienone is 2. The van der Waals surface area contributed by atoms with E-state index < -0.39 is 6.10 Å². The molecule has 1 aliphatic carbocycles. The molecule has 0 radical (unpaired) electrons. The van der Waals surface area contributed by atoms with E-state index in [-0.39, 0.29) is 5.92 Å². The maximum atomic E-state index is 10.2. The standard InChI is InChI=1S/C14H15N3O/c1-9-7-10(2)14(18)13(8-9)17-15-11-5-3-4-6-12(11)16-17/h3-8,10,14,18H,1-2H3. The van der Waals surface area contributed by atoms with E-state index in [4.69, 9.17) is 0 Å². The molecular formula is C14H15N3O. The van der Waals surface area contributed by atoms with Crippen molar-refractivity contribution >= 4 is 16.7 Å². The van der Waals surface area contributed by atoms with E-state index in [1.807, 2.05) is 44.2 Å². The Balaban J connectivity index is 2.11. The van der Waals surface area contributed by atoms with Crippen molar-refractivity contribution in [2.45, 2.75) is 20.0 Å². The monoisotopic (exact) mass is 241 g/mol. The summed E-state index contributed by atoms with van der Waals surface area (Å²) in [6.45, 7) is 4.01. The van der Waals surface area contributed by atoms with E-state index in [1.165, 1.54) is 0 Å². The molecule has 0 amide bonds. The number of rotatable bonds is 1. The number of aliphatic hydroxyl groups excluding tert-OH is 1.